The summed E-state index contributed by atoms with van der Waals surface area (Å²) in [5.74, 6) is -0.696. The summed E-state index contributed by atoms with van der Waals surface area (Å²) in [5.41, 5.74) is 5.23. The van der Waals surface area contributed by atoms with Gasteiger partial charge in [0.25, 0.3) is 21.5 Å². The number of hydrogen-bond donors (Lipinski definition) is 5. The Morgan fingerprint density at radius 1 is 1.03 bits per heavy atom. The molecule has 6 N–H and O–H groups in total. The fraction of sp³-hybridized carbons (Fsp3) is 0.190. The quantitative estimate of drug-likeness (QED) is 0.388. The van der Waals surface area contributed by atoms with Gasteiger partial charge in [0.15, 0.2) is 0 Å². The minimum absolute atomic E-state index is 0.145. The highest BCUT2D eigenvalue weighted by atomic mass is 32.2. The van der Waals surface area contributed by atoms with Gasteiger partial charge in [-0.05, 0) is 48.6 Å². The van der Waals surface area contributed by atoms with Gasteiger partial charge >= 0.3 is 5.69 Å². The molecule has 0 saturated carbocycles. The van der Waals surface area contributed by atoms with E-state index in [1.807, 2.05) is 11.1 Å². The Bertz CT molecular complexity index is 1400. The normalized spacial score (nSPS) is 15.6. The van der Waals surface area contributed by atoms with Crippen LogP contribution in [-0.4, -0.2) is 24.3 Å². The number of aromatic amines is 2. The molecule has 32 heavy (non-hydrogen) atoms. The molecule has 0 aliphatic heterocycles. The fourth-order valence-electron chi connectivity index (χ4n) is 3.80. The van der Waals surface area contributed by atoms with Crippen LogP contribution in [0.3, 0.4) is 0 Å². The zero-order valence-corrected chi connectivity index (χ0v) is 17.7. The lowest BCUT2D eigenvalue weighted by molar-refractivity contribution is 0.0928. The maximum atomic E-state index is 12.8. The first-order valence-electron chi connectivity index (χ1n) is 9.89. The van der Waals surface area contributed by atoms with Gasteiger partial charge in [-0.3, -0.25) is 19.3 Å². The number of amides is 1. The van der Waals surface area contributed by atoms with Crippen molar-refractivity contribution in [3.05, 3.63) is 86.2 Å². The fourth-order valence-corrected chi connectivity index (χ4v) is 4.92. The van der Waals surface area contributed by atoms with Crippen molar-refractivity contribution in [2.24, 2.45) is 0 Å². The monoisotopic (exact) mass is 455 g/mol. The summed E-state index contributed by atoms with van der Waals surface area (Å²) in [4.78, 5) is 40.3. The largest absolute Gasteiger partial charge is 0.392 e. The molecule has 1 aromatic heterocycles. The van der Waals surface area contributed by atoms with Gasteiger partial charge in [0.05, 0.1) is 16.6 Å². The van der Waals surface area contributed by atoms with E-state index < -0.39 is 33.2 Å². The van der Waals surface area contributed by atoms with Crippen LogP contribution in [0.1, 0.15) is 40.5 Å². The average molecular weight is 455 g/mol. The third-order valence-corrected chi connectivity index (χ3v) is 6.70. The lowest BCUT2D eigenvalue weighted by Crippen LogP contribution is -2.36. The van der Waals surface area contributed by atoms with E-state index in [1.54, 1.807) is 30.3 Å². The number of benzene rings is 2. The molecule has 3 aromatic rings. The van der Waals surface area contributed by atoms with Crippen LogP contribution in [-0.2, 0) is 16.4 Å². The molecule has 1 amide bonds. The van der Waals surface area contributed by atoms with Crippen LogP contribution < -0.4 is 27.0 Å². The molecule has 0 bridgehead atoms. The van der Waals surface area contributed by atoms with Crippen LogP contribution in [0.15, 0.2) is 63.0 Å². The zero-order valence-electron chi connectivity index (χ0n) is 16.8. The van der Waals surface area contributed by atoms with Crippen molar-refractivity contribution in [1.29, 1.82) is 0 Å². The molecule has 2 aromatic carbocycles. The third-order valence-electron chi connectivity index (χ3n) is 5.32. The Balaban J connectivity index is 1.64. The first kappa shape index (κ1) is 21.4. The van der Waals surface area contributed by atoms with Gasteiger partial charge in [-0.25, -0.2) is 13.2 Å². The van der Waals surface area contributed by atoms with E-state index >= 15 is 0 Å². The number of nitrogens with two attached hydrogens (primary N) is 1. The topological polar surface area (TPSA) is 167 Å². The SMILES string of the molecule is Nc1c(C(=O)NC2CCCc3c(NS(=O)(=O)c4ccccc4)cccc32)[nH]c(=O)[nH]c1=O. The minimum Gasteiger partial charge on any atom is -0.392 e. The molecule has 1 aliphatic rings. The maximum Gasteiger partial charge on any atom is 0.326 e. The number of carbonyl (C=O) groups excluding carboxylic acids is 1. The molecule has 166 valence electrons. The molecular weight excluding hydrogens is 434 g/mol. The molecule has 1 unspecified atom stereocenters. The van der Waals surface area contributed by atoms with E-state index in [0.29, 0.717) is 24.9 Å². The Labute approximate surface area is 182 Å². The van der Waals surface area contributed by atoms with Crippen LogP contribution in [0.4, 0.5) is 11.4 Å². The second-order valence-corrected chi connectivity index (χ2v) is 9.09. The summed E-state index contributed by atoms with van der Waals surface area (Å²) >= 11 is 0. The van der Waals surface area contributed by atoms with E-state index in [2.05, 4.69) is 15.0 Å². The van der Waals surface area contributed by atoms with Gasteiger partial charge in [-0.15, -0.1) is 0 Å². The van der Waals surface area contributed by atoms with Gasteiger partial charge in [-0.2, -0.15) is 0 Å². The minimum atomic E-state index is -3.78. The Kier molecular flexibility index (Phi) is 5.57. The summed E-state index contributed by atoms with van der Waals surface area (Å²) < 4.78 is 28.2. The standard InChI is InChI=1S/C21H21N5O5S/c22-17-18(24-21(29)25-19(17)27)20(28)23-15-10-4-9-14-13(15)8-5-11-16(14)26-32(30,31)12-6-2-1-3-7-12/h1-3,5-8,11,15,26H,4,9-10,22H2,(H,23,28)(H2,24,25,27,29). The number of nitrogen functional groups attached to an aromatic ring is 1. The first-order valence-corrected chi connectivity index (χ1v) is 11.4. The molecule has 1 atom stereocenters. The number of carbonyl (C=O) groups is 1. The summed E-state index contributed by atoms with van der Waals surface area (Å²) in [6.45, 7) is 0. The van der Waals surface area contributed by atoms with Crippen LogP contribution in [0.25, 0.3) is 0 Å². The smallest absolute Gasteiger partial charge is 0.326 e. The molecule has 0 fully saturated rings. The van der Waals surface area contributed by atoms with Crippen molar-refractivity contribution in [2.45, 2.75) is 30.2 Å². The highest BCUT2D eigenvalue weighted by molar-refractivity contribution is 7.92. The third kappa shape index (κ3) is 4.14. The van der Waals surface area contributed by atoms with Gasteiger partial charge in [0.2, 0.25) is 0 Å². The van der Waals surface area contributed by atoms with Gasteiger partial charge in [0.1, 0.15) is 11.4 Å². The maximum absolute atomic E-state index is 12.8. The van der Waals surface area contributed by atoms with Gasteiger partial charge in [-0.1, -0.05) is 30.3 Å². The number of sulfonamides is 1. The Morgan fingerprint density at radius 2 is 1.78 bits per heavy atom. The van der Waals surface area contributed by atoms with E-state index in [9.17, 15) is 22.8 Å². The van der Waals surface area contributed by atoms with Crippen LogP contribution in [0, 0.1) is 0 Å². The van der Waals surface area contributed by atoms with E-state index in [4.69, 9.17) is 5.73 Å². The molecule has 0 spiro atoms. The summed E-state index contributed by atoms with van der Waals surface area (Å²) in [5, 5.41) is 2.79. The highest BCUT2D eigenvalue weighted by Gasteiger charge is 2.27. The average Bonchev–Trinajstić information content (AvgIpc) is 2.77. The molecule has 0 saturated heterocycles. The summed E-state index contributed by atoms with van der Waals surface area (Å²) in [6.07, 6.45) is 1.92. The Morgan fingerprint density at radius 3 is 2.53 bits per heavy atom. The number of hydrogen-bond acceptors (Lipinski definition) is 6. The molecule has 4 rings (SSSR count). The van der Waals surface area contributed by atoms with Gasteiger partial charge < -0.3 is 16.0 Å². The van der Waals surface area contributed by atoms with Crippen molar-refractivity contribution >= 4 is 27.3 Å². The van der Waals surface area contributed by atoms with E-state index in [0.717, 1.165) is 11.1 Å². The van der Waals surface area contributed by atoms with Crippen molar-refractivity contribution < 1.29 is 13.2 Å². The van der Waals surface area contributed by atoms with Crippen molar-refractivity contribution in [3.8, 4) is 0 Å². The number of aromatic nitrogens is 2. The molecule has 1 heterocycles. The van der Waals surface area contributed by atoms with Crippen LogP contribution in [0.2, 0.25) is 0 Å². The van der Waals surface area contributed by atoms with E-state index in [1.165, 1.54) is 12.1 Å². The van der Waals surface area contributed by atoms with Crippen molar-refractivity contribution in [2.75, 3.05) is 10.5 Å². The summed E-state index contributed by atoms with van der Waals surface area (Å²) in [6, 6.07) is 12.8. The van der Waals surface area contributed by atoms with Crippen LogP contribution >= 0.6 is 0 Å². The Hall–Kier alpha value is -3.86. The second kappa shape index (κ2) is 8.35. The number of fused-ring (bicyclic) bond motifs is 1. The summed E-state index contributed by atoms with van der Waals surface area (Å²) in [7, 11) is -3.78. The molecule has 0 radical (unpaired) electrons. The number of rotatable bonds is 5. The zero-order chi connectivity index (χ0) is 22.9. The van der Waals surface area contributed by atoms with Crippen LogP contribution in [0.5, 0.6) is 0 Å². The molecular formula is C21H21N5O5S. The first-order chi connectivity index (χ1) is 15.3. The van der Waals surface area contributed by atoms with E-state index in [-0.39, 0.29) is 16.3 Å². The predicted molar refractivity (Wildman–Crippen MR) is 119 cm³/mol. The number of anilines is 2. The van der Waals surface area contributed by atoms with Crippen molar-refractivity contribution in [3.63, 3.8) is 0 Å². The van der Waals surface area contributed by atoms with Gasteiger partial charge in [0, 0.05) is 0 Å². The number of nitrogens with one attached hydrogen (secondary N) is 4. The highest BCUT2D eigenvalue weighted by Crippen LogP contribution is 2.35. The second-order valence-electron chi connectivity index (χ2n) is 7.41. The number of H-pyrrole nitrogens is 2. The lowest BCUT2D eigenvalue weighted by Gasteiger charge is -2.28. The molecule has 11 heteroatoms. The molecule has 1 aliphatic carbocycles. The van der Waals surface area contributed by atoms with Crippen molar-refractivity contribution in [1.82, 2.24) is 15.3 Å². The predicted octanol–water partition coefficient (Wildman–Crippen LogP) is 1.25. The molecule has 10 nitrogen and oxygen atoms in total. The lowest BCUT2D eigenvalue weighted by atomic mass is 9.86.